The number of likely N-dealkylation sites (tertiary alicyclic amines) is 1. The van der Waals surface area contributed by atoms with Gasteiger partial charge >= 0.3 is 0 Å². The van der Waals surface area contributed by atoms with Gasteiger partial charge in [-0.05, 0) is 74.3 Å². The highest BCUT2D eigenvalue weighted by Crippen LogP contribution is 2.45. The number of piperidine rings is 1. The molecule has 1 saturated heterocycles. The summed E-state index contributed by atoms with van der Waals surface area (Å²) < 4.78 is 1.83. The van der Waals surface area contributed by atoms with Crippen LogP contribution in [0.1, 0.15) is 32.3 Å². The number of carbonyl (C=O) groups is 1. The largest absolute Gasteiger partial charge is 0.304 e. The summed E-state index contributed by atoms with van der Waals surface area (Å²) in [6.07, 6.45) is 12.9. The zero-order valence-electron chi connectivity index (χ0n) is 17.9. The third-order valence-electron chi connectivity index (χ3n) is 6.55. The number of rotatable bonds is 3. The molecule has 4 heterocycles. The Bertz CT molecular complexity index is 1070. The second-order valence-corrected chi connectivity index (χ2v) is 10.3. The molecule has 30 heavy (non-hydrogen) atoms. The molecule has 1 fully saturated rings. The molecule has 156 valence electrons. The molecule has 5 nitrogen and oxygen atoms in total. The fourth-order valence-electron chi connectivity index (χ4n) is 4.77. The van der Waals surface area contributed by atoms with Crippen molar-refractivity contribution in [3.8, 4) is 0 Å². The van der Waals surface area contributed by atoms with E-state index in [1.165, 1.54) is 18.4 Å². The minimum Gasteiger partial charge on any atom is -0.304 e. The van der Waals surface area contributed by atoms with Gasteiger partial charge in [-0.15, -0.1) is 0 Å². The first kappa shape index (κ1) is 19.7. The Kier molecular flexibility index (Phi) is 5.12. The molecule has 1 aromatic carbocycles. The van der Waals surface area contributed by atoms with Crippen LogP contribution in [0.4, 0.5) is 0 Å². The lowest BCUT2D eigenvalue weighted by Gasteiger charge is -2.38. The van der Waals surface area contributed by atoms with Crippen molar-refractivity contribution in [2.24, 2.45) is 13.0 Å². The highest BCUT2D eigenvalue weighted by Gasteiger charge is 2.31. The summed E-state index contributed by atoms with van der Waals surface area (Å²) in [4.78, 5) is 17.5. The molecule has 0 radical (unpaired) electrons. The van der Waals surface area contributed by atoms with Gasteiger partial charge in [0.15, 0.2) is 0 Å². The van der Waals surface area contributed by atoms with Crippen LogP contribution in [0.2, 0.25) is 0 Å². The van der Waals surface area contributed by atoms with Crippen molar-refractivity contribution in [2.75, 3.05) is 13.1 Å². The molecule has 2 atom stereocenters. The molecule has 1 amide bonds. The molecule has 3 aliphatic rings. The maximum Gasteiger partial charge on any atom is 0.252 e. The number of aromatic nitrogens is 2. The van der Waals surface area contributed by atoms with Crippen molar-refractivity contribution in [1.82, 2.24) is 19.6 Å². The van der Waals surface area contributed by atoms with E-state index < -0.39 is 0 Å². The van der Waals surface area contributed by atoms with Crippen LogP contribution in [0.3, 0.4) is 0 Å². The summed E-state index contributed by atoms with van der Waals surface area (Å²) >= 11 is 0. The topological polar surface area (TPSA) is 41.4 Å². The average molecular weight is 420 g/mol. The van der Waals surface area contributed by atoms with Crippen LogP contribution in [-0.2, 0) is 11.8 Å². The van der Waals surface area contributed by atoms with Gasteiger partial charge in [-0.2, -0.15) is 5.10 Å². The van der Waals surface area contributed by atoms with Gasteiger partial charge in [0.2, 0.25) is 0 Å². The van der Waals surface area contributed by atoms with Crippen LogP contribution in [0.5, 0.6) is 0 Å². The molecule has 5 rings (SSSR count). The standard InChI is InChI=1S/C24H29N4OP/c1-16(2)27-10-8-17(9-11-27)19-5-7-24-28(15-19)23(29)13-22(30-24)18-4-6-21-20(12-18)14-26(3)25-21/h4-7,12-17,24,30H,8-11H2,1-3H3. The predicted octanol–water partition coefficient (Wildman–Crippen LogP) is 4.34. The number of nitrogens with zero attached hydrogens (tertiary/aromatic N) is 4. The summed E-state index contributed by atoms with van der Waals surface area (Å²) in [6.45, 7) is 6.84. The number of fused-ring (bicyclic) bond motifs is 2. The van der Waals surface area contributed by atoms with Gasteiger partial charge in [0.25, 0.3) is 5.91 Å². The van der Waals surface area contributed by atoms with Gasteiger partial charge in [-0.1, -0.05) is 26.8 Å². The number of amides is 1. The molecule has 2 aromatic rings. The number of carbonyl (C=O) groups excluding carboxylic acids is 1. The van der Waals surface area contributed by atoms with Crippen LogP contribution in [-0.4, -0.2) is 50.4 Å². The van der Waals surface area contributed by atoms with Crippen LogP contribution in [0.25, 0.3) is 16.2 Å². The van der Waals surface area contributed by atoms with Gasteiger partial charge < -0.3 is 9.80 Å². The Labute approximate surface area is 179 Å². The Morgan fingerprint density at radius 3 is 2.77 bits per heavy atom. The smallest absolute Gasteiger partial charge is 0.252 e. The zero-order chi connectivity index (χ0) is 20.8. The van der Waals surface area contributed by atoms with Crippen LogP contribution in [0.15, 0.2) is 54.4 Å². The Morgan fingerprint density at radius 2 is 2.00 bits per heavy atom. The summed E-state index contributed by atoms with van der Waals surface area (Å²) in [5, 5.41) is 6.70. The second-order valence-electron chi connectivity index (χ2n) is 8.86. The fourth-order valence-corrected chi connectivity index (χ4v) is 6.15. The Balaban J connectivity index is 1.34. The first-order chi connectivity index (χ1) is 14.5. The monoisotopic (exact) mass is 420 g/mol. The lowest BCUT2D eigenvalue weighted by Crippen LogP contribution is -2.40. The third kappa shape index (κ3) is 3.66. The minimum absolute atomic E-state index is 0.0986. The summed E-state index contributed by atoms with van der Waals surface area (Å²) in [7, 11) is 2.49. The predicted molar refractivity (Wildman–Crippen MR) is 124 cm³/mol. The molecular weight excluding hydrogens is 391 g/mol. The van der Waals surface area contributed by atoms with E-state index in [4.69, 9.17) is 0 Å². The van der Waals surface area contributed by atoms with Crippen LogP contribution in [0, 0.1) is 5.92 Å². The van der Waals surface area contributed by atoms with E-state index in [0.717, 1.165) is 34.9 Å². The highest BCUT2D eigenvalue weighted by molar-refractivity contribution is 7.51. The van der Waals surface area contributed by atoms with Crippen molar-refractivity contribution in [1.29, 1.82) is 0 Å². The first-order valence-corrected chi connectivity index (χ1v) is 11.9. The van der Waals surface area contributed by atoms with E-state index in [1.807, 2.05) is 35.0 Å². The molecule has 6 heteroatoms. The quantitative estimate of drug-likeness (QED) is 0.694. The highest BCUT2D eigenvalue weighted by atomic mass is 31.1. The van der Waals surface area contributed by atoms with Gasteiger partial charge in [0.1, 0.15) is 0 Å². The third-order valence-corrected chi connectivity index (χ3v) is 8.06. The minimum atomic E-state index is 0.0986. The molecule has 0 N–H and O–H groups in total. The van der Waals surface area contributed by atoms with Crippen molar-refractivity contribution in [3.63, 3.8) is 0 Å². The van der Waals surface area contributed by atoms with Gasteiger partial charge in [0, 0.05) is 36.9 Å². The summed E-state index contributed by atoms with van der Waals surface area (Å²) in [5.74, 6) is 0.801. The average Bonchev–Trinajstić information content (AvgIpc) is 3.12. The molecular formula is C24H29N4OP. The fraction of sp³-hybridized carbons (Fsp3) is 0.417. The van der Waals surface area contributed by atoms with E-state index in [2.05, 4.69) is 54.3 Å². The molecule has 2 unspecified atom stereocenters. The maximum absolute atomic E-state index is 13.0. The molecule has 1 aromatic heterocycles. The molecule has 0 saturated carbocycles. The zero-order valence-corrected chi connectivity index (χ0v) is 18.9. The van der Waals surface area contributed by atoms with Gasteiger partial charge in [-0.25, -0.2) is 0 Å². The van der Waals surface area contributed by atoms with Crippen LogP contribution >= 0.6 is 8.58 Å². The maximum atomic E-state index is 13.0. The van der Waals surface area contributed by atoms with E-state index in [-0.39, 0.29) is 11.7 Å². The van der Waals surface area contributed by atoms with E-state index >= 15 is 0 Å². The first-order valence-electron chi connectivity index (χ1n) is 10.9. The van der Waals surface area contributed by atoms with E-state index in [0.29, 0.717) is 20.5 Å². The van der Waals surface area contributed by atoms with E-state index in [1.54, 1.807) is 0 Å². The molecule has 3 aliphatic heterocycles. The van der Waals surface area contributed by atoms with Crippen molar-refractivity contribution < 1.29 is 4.79 Å². The molecule has 0 spiro atoms. The van der Waals surface area contributed by atoms with Crippen molar-refractivity contribution in [3.05, 3.63) is 60.0 Å². The lowest BCUT2D eigenvalue weighted by molar-refractivity contribution is -0.123. The number of hydrogen-bond acceptors (Lipinski definition) is 3. The van der Waals surface area contributed by atoms with Crippen molar-refractivity contribution in [2.45, 2.75) is 38.5 Å². The molecule has 0 bridgehead atoms. The Hall–Kier alpha value is -2.23. The summed E-state index contributed by atoms with van der Waals surface area (Å²) in [6, 6.07) is 6.91. The summed E-state index contributed by atoms with van der Waals surface area (Å²) in [5.41, 5.74) is 3.44. The van der Waals surface area contributed by atoms with Crippen molar-refractivity contribution >= 4 is 30.7 Å². The van der Waals surface area contributed by atoms with Gasteiger partial charge in [-0.3, -0.25) is 9.48 Å². The Morgan fingerprint density at radius 1 is 1.20 bits per heavy atom. The number of allylic oxidation sites excluding steroid dienone is 2. The SMILES string of the molecule is CC(C)N1CCC(C2=CN3C(=O)C=C(c4ccc5nn(C)cc5c4)PC3C=C2)CC1. The van der Waals surface area contributed by atoms with E-state index in [9.17, 15) is 4.79 Å². The normalized spacial score (nSPS) is 23.9. The molecule has 0 aliphatic carbocycles. The van der Waals surface area contributed by atoms with Gasteiger partial charge in [0.05, 0.1) is 11.3 Å². The number of hydrogen-bond donors (Lipinski definition) is 0. The number of benzene rings is 1. The second kappa shape index (κ2) is 7.79. The number of aryl methyl sites for hydroxylation is 1. The lowest BCUT2D eigenvalue weighted by atomic mass is 9.88. The van der Waals surface area contributed by atoms with Crippen LogP contribution < -0.4 is 0 Å².